The SMILES string of the molecule is O=C(O)C1CCCC1C(=O)Nc1ccc(O)c(Cl)c1. The summed E-state index contributed by atoms with van der Waals surface area (Å²) in [5.41, 5.74) is 0.448. The van der Waals surface area contributed by atoms with E-state index in [1.54, 1.807) is 0 Å². The first kappa shape index (κ1) is 13.7. The summed E-state index contributed by atoms with van der Waals surface area (Å²) in [6, 6.07) is 4.32. The van der Waals surface area contributed by atoms with Crippen molar-refractivity contribution in [2.24, 2.45) is 11.8 Å². The lowest BCUT2D eigenvalue weighted by Gasteiger charge is -2.15. The predicted molar refractivity (Wildman–Crippen MR) is 70.2 cm³/mol. The van der Waals surface area contributed by atoms with Gasteiger partial charge in [0.1, 0.15) is 5.75 Å². The number of aliphatic carboxylic acids is 1. The Morgan fingerprint density at radius 2 is 1.95 bits per heavy atom. The second-order valence-electron chi connectivity index (χ2n) is 4.64. The van der Waals surface area contributed by atoms with Crippen LogP contribution in [-0.2, 0) is 9.59 Å². The highest BCUT2D eigenvalue weighted by Crippen LogP contribution is 2.33. The van der Waals surface area contributed by atoms with Crippen LogP contribution in [0.2, 0.25) is 5.02 Å². The van der Waals surface area contributed by atoms with Gasteiger partial charge in [-0.1, -0.05) is 18.0 Å². The summed E-state index contributed by atoms with van der Waals surface area (Å²) < 4.78 is 0. The van der Waals surface area contributed by atoms with E-state index >= 15 is 0 Å². The van der Waals surface area contributed by atoms with Crippen molar-refractivity contribution >= 4 is 29.2 Å². The number of carbonyl (C=O) groups is 2. The van der Waals surface area contributed by atoms with Crippen LogP contribution in [0.5, 0.6) is 5.75 Å². The number of nitrogens with one attached hydrogen (secondary N) is 1. The van der Waals surface area contributed by atoms with Crippen LogP contribution >= 0.6 is 11.6 Å². The lowest BCUT2D eigenvalue weighted by molar-refractivity contribution is -0.145. The molecule has 102 valence electrons. The molecule has 2 atom stereocenters. The number of rotatable bonds is 3. The molecule has 0 heterocycles. The minimum absolute atomic E-state index is 0.0658. The van der Waals surface area contributed by atoms with Gasteiger partial charge < -0.3 is 15.5 Å². The highest BCUT2D eigenvalue weighted by atomic mass is 35.5. The summed E-state index contributed by atoms with van der Waals surface area (Å²) in [7, 11) is 0. The zero-order chi connectivity index (χ0) is 14.0. The number of carboxylic acid groups (broad SMARTS) is 1. The third-order valence-electron chi connectivity index (χ3n) is 3.39. The molecule has 2 rings (SSSR count). The van der Waals surface area contributed by atoms with Crippen molar-refractivity contribution in [1.82, 2.24) is 0 Å². The van der Waals surface area contributed by atoms with E-state index in [4.69, 9.17) is 16.7 Å². The van der Waals surface area contributed by atoms with Crippen LogP contribution in [0.25, 0.3) is 0 Å². The van der Waals surface area contributed by atoms with Crippen LogP contribution in [-0.4, -0.2) is 22.1 Å². The fourth-order valence-electron chi connectivity index (χ4n) is 2.39. The van der Waals surface area contributed by atoms with Crippen LogP contribution in [0.15, 0.2) is 18.2 Å². The van der Waals surface area contributed by atoms with Crippen molar-refractivity contribution in [2.75, 3.05) is 5.32 Å². The molecule has 0 spiro atoms. The fraction of sp³-hybridized carbons (Fsp3) is 0.385. The summed E-state index contributed by atoms with van der Waals surface area (Å²) >= 11 is 5.74. The van der Waals surface area contributed by atoms with Crippen LogP contribution in [0.3, 0.4) is 0 Å². The van der Waals surface area contributed by atoms with Crippen LogP contribution in [0, 0.1) is 11.8 Å². The minimum atomic E-state index is -0.929. The number of carbonyl (C=O) groups excluding carboxylic acids is 1. The number of benzene rings is 1. The second kappa shape index (κ2) is 5.48. The van der Waals surface area contributed by atoms with Gasteiger partial charge in [0, 0.05) is 5.69 Å². The molecule has 6 heteroatoms. The van der Waals surface area contributed by atoms with Crippen LogP contribution in [0.4, 0.5) is 5.69 Å². The summed E-state index contributed by atoms with van der Waals surface area (Å²) in [4.78, 5) is 23.1. The van der Waals surface area contributed by atoms with E-state index in [9.17, 15) is 14.7 Å². The zero-order valence-electron chi connectivity index (χ0n) is 10.1. The maximum Gasteiger partial charge on any atom is 0.307 e. The molecule has 0 bridgehead atoms. The third kappa shape index (κ3) is 2.98. The molecule has 1 aliphatic rings. The predicted octanol–water partition coefficient (Wildman–Crippen LogP) is 2.49. The van der Waals surface area contributed by atoms with Crippen molar-refractivity contribution in [3.63, 3.8) is 0 Å². The van der Waals surface area contributed by atoms with Gasteiger partial charge >= 0.3 is 5.97 Å². The molecule has 5 nitrogen and oxygen atoms in total. The summed E-state index contributed by atoms with van der Waals surface area (Å²) in [6.45, 7) is 0. The van der Waals surface area contributed by atoms with Gasteiger partial charge in [-0.3, -0.25) is 9.59 Å². The number of phenolic OH excluding ortho intramolecular Hbond substituents is 1. The first-order valence-corrected chi connectivity index (χ1v) is 6.39. The molecule has 1 fully saturated rings. The highest BCUT2D eigenvalue weighted by molar-refractivity contribution is 6.32. The van der Waals surface area contributed by atoms with Gasteiger partial charge in [-0.2, -0.15) is 0 Å². The van der Waals surface area contributed by atoms with E-state index in [1.807, 2.05) is 0 Å². The Kier molecular flexibility index (Phi) is 3.95. The van der Waals surface area contributed by atoms with E-state index in [0.717, 1.165) is 6.42 Å². The molecule has 0 radical (unpaired) electrons. The van der Waals surface area contributed by atoms with E-state index in [2.05, 4.69) is 5.32 Å². The number of anilines is 1. The second-order valence-corrected chi connectivity index (χ2v) is 5.04. The average Bonchev–Trinajstić information content (AvgIpc) is 2.83. The topological polar surface area (TPSA) is 86.6 Å². The van der Waals surface area contributed by atoms with Gasteiger partial charge in [0.2, 0.25) is 5.91 Å². The first-order valence-electron chi connectivity index (χ1n) is 6.01. The van der Waals surface area contributed by atoms with Crippen LogP contribution < -0.4 is 5.32 Å². The first-order chi connectivity index (χ1) is 8.99. The number of carboxylic acids is 1. The quantitative estimate of drug-likeness (QED) is 0.744. The normalized spacial score (nSPS) is 22.2. The zero-order valence-corrected chi connectivity index (χ0v) is 10.9. The lowest BCUT2D eigenvalue weighted by Crippen LogP contribution is -2.29. The molecule has 1 aliphatic carbocycles. The number of hydrogen-bond acceptors (Lipinski definition) is 3. The highest BCUT2D eigenvalue weighted by Gasteiger charge is 2.37. The van der Waals surface area contributed by atoms with Gasteiger partial charge in [-0.05, 0) is 31.0 Å². The van der Waals surface area contributed by atoms with Gasteiger partial charge in [0.15, 0.2) is 0 Å². The van der Waals surface area contributed by atoms with Crippen molar-refractivity contribution in [3.05, 3.63) is 23.2 Å². The lowest BCUT2D eigenvalue weighted by atomic mass is 9.95. The molecule has 19 heavy (non-hydrogen) atoms. The standard InChI is InChI=1S/C13H14ClNO4/c14-10-6-7(4-5-11(10)16)15-12(17)8-2-1-3-9(8)13(18)19/h4-6,8-9,16H,1-3H2,(H,15,17)(H,18,19). The maximum absolute atomic E-state index is 12.0. The largest absolute Gasteiger partial charge is 0.506 e. The Morgan fingerprint density at radius 3 is 2.58 bits per heavy atom. The van der Waals surface area contributed by atoms with Crippen molar-refractivity contribution in [3.8, 4) is 5.75 Å². The van der Waals surface area contributed by atoms with Crippen molar-refractivity contribution in [2.45, 2.75) is 19.3 Å². The van der Waals surface area contributed by atoms with E-state index < -0.39 is 17.8 Å². The smallest absolute Gasteiger partial charge is 0.307 e. The number of halogens is 1. The van der Waals surface area contributed by atoms with Crippen molar-refractivity contribution in [1.29, 1.82) is 0 Å². The molecule has 1 aromatic carbocycles. The molecular weight excluding hydrogens is 270 g/mol. The molecule has 0 aromatic heterocycles. The number of amides is 1. The molecule has 1 amide bonds. The monoisotopic (exact) mass is 283 g/mol. The van der Waals surface area contributed by atoms with Crippen molar-refractivity contribution < 1.29 is 19.8 Å². The minimum Gasteiger partial charge on any atom is -0.506 e. The van der Waals surface area contributed by atoms with Gasteiger partial charge in [0.05, 0.1) is 16.9 Å². The Hall–Kier alpha value is -1.75. The van der Waals surface area contributed by atoms with Crippen LogP contribution in [0.1, 0.15) is 19.3 Å². The third-order valence-corrected chi connectivity index (χ3v) is 3.69. The van der Waals surface area contributed by atoms with Gasteiger partial charge in [0.25, 0.3) is 0 Å². The molecule has 0 aliphatic heterocycles. The fourth-order valence-corrected chi connectivity index (χ4v) is 2.57. The number of hydrogen-bond donors (Lipinski definition) is 3. The average molecular weight is 284 g/mol. The molecule has 1 aromatic rings. The molecule has 0 saturated heterocycles. The van der Waals surface area contributed by atoms with E-state index in [0.29, 0.717) is 18.5 Å². The Bertz CT molecular complexity index is 517. The number of phenols is 1. The summed E-state index contributed by atoms with van der Waals surface area (Å²) in [5, 5.41) is 21.1. The van der Waals surface area contributed by atoms with Gasteiger partial charge in [-0.25, -0.2) is 0 Å². The maximum atomic E-state index is 12.0. The van der Waals surface area contributed by atoms with Gasteiger partial charge in [-0.15, -0.1) is 0 Å². The molecule has 2 unspecified atom stereocenters. The Morgan fingerprint density at radius 1 is 1.26 bits per heavy atom. The van der Waals surface area contributed by atoms with E-state index in [1.165, 1.54) is 18.2 Å². The Balaban J connectivity index is 2.08. The molecule has 3 N–H and O–H groups in total. The summed E-state index contributed by atoms with van der Waals surface area (Å²) in [6.07, 6.45) is 1.85. The Labute approximate surface area is 115 Å². The summed E-state index contributed by atoms with van der Waals surface area (Å²) in [5.74, 6) is -2.44. The molecule has 1 saturated carbocycles. The number of aromatic hydroxyl groups is 1. The van der Waals surface area contributed by atoms with E-state index in [-0.39, 0.29) is 16.7 Å². The molecular formula is C13H14ClNO4.